The van der Waals surface area contributed by atoms with Crippen LogP contribution in [0.2, 0.25) is 0 Å². The molecule has 1 aliphatic rings. The zero-order valence-corrected chi connectivity index (χ0v) is 15.2. The van der Waals surface area contributed by atoms with Crippen molar-refractivity contribution in [3.8, 4) is 0 Å². The zero-order valence-electron chi connectivity index (χ0n) is 15.2. The van der Waals surface area contributed by atoms with Crippen LogP contribution in [0.1, 0.15) is 23.6 Å². The molecule has 0 radical (unpaired) electrons. The third-order valence-corrected chi connectivity index (χ3v) is 4.69. The molecule has 1 aliphatic heterocycles. The van der Waals surface area contributed by atoms with E-state index in [0.717, 1.165) is 5.70 Å². The highest BCUT2D eigenvalue weighted by molar-refractivity contribution is 5.81. The van der Waals surface area contributed by atoms with Gasteiger partial charge in [-0.3, -0.25) is 0 Å². The summed E-state index contributed by atoms with van der Waals surface area (Å²) < 4.78 is 0. The van der Waals surface area contributed by atoms with E-state index >= 15 is 0 Å². The van der Waals surface area contributed by atoms with E-state index in [-0.39, 0.29) is 5.92 Å². The number of aryl methyl sites for hydroxylation is 1. The van der Waals surface area contributed by atoms with Crippen molar-refractivity contribution in [3.63, 3.8) is 0 Å². The number of benzene rings is 2. The van der Waals surface area contributed by atoms with Crippen LogP contribution in [0.5, 0.6) is 0 Å². The van der Waals surface area contributed by atoms with E-state index in [4.69, 9.17) is 0 Å². The lowest BCUT2D eigenvalue weighted by molar-refractivity contribution is 0.561. The Morgan fingerprint density at radius 2 is 1.68 bits per heavy atom. The number of hydrogen-bond acceptors (Lipinski definition) is 1. The van der Waals surface area contributed by atoms with E-state index in [1.54, 1.807) is 0 Å². The van der Waals surface area contributed by atoms with Crippen molar-refractivity contribution in [2.45, 2.75) is 13.8 Å². The summed E-state index contributed by atoms with van der Waals surface area (Å²) in [6.45, 7) is 8.67. The highest BCUT2D eigenvalue weighted by Crippen LogP contribution is 2.35. The summed E-state index contributed by atoms with van der Waals surface area (Å²) in [4.78, 5) is 2.10. The first-order chi connectivity index (χ1) is 12.1. The molecule has 0 amide bonds. The van der Waals surface area contributed by atoms with Crippen LogP contribution in [-0.2, 0) is 0 Å². The monoisotopic (exact) mass is 327 g/mol. The minimum absolute atomic E-state index is 0.274. The van der Waals surface area contributed by atoms with Crippen LogP contribution >= 0.6 is 0 Å². The Balaban J connectivity index is 1.97. The Labute approximate surface area is 151 Å². The van der Waals surface area contributed by atoms with Crippen LogP contribution in [-0.4, -0.2) is 11.9 Å². The smallest absolute Gasteiger partial charge is 0.0375 e. The Kier molecular flexibility index (Phi) is 5.04. The fourth-order valence-corrected chi connectivity index (χ4v) is 3.12. The lowest BCUT2D eigenvalue weighted by atomic mass is 9.87. The highest BCUT2D eigenvalue weighted by atomic mass is 15.1. The Morgan fingerprint density at radius 3 is 2.36 bits per heavy atom. The summed E-state index contributed by atoms with van der Waals surface area (Å²) in [6.07, 6.45) is 8.74. The normalized spacial score (nSPS) is 16.0. The molecule has 0 N–H and O–H groups in total. The third kappa shape index (κ3) is 3.83. The summed E-state index contributed by atoms with van der Waals surface area (Å²) in [5.41, 5.74) is 7.33. The average molecular weight is 327 g/mol. The van der Waals surface area contributed by atoms with Gasteiger partial charge in [-0.2, -0.15) is 0 Å². The van der Waals surface area contributed by atoms with Gasteiger partial charge in [0.2, 0.25) is 0 Å². The van der Waals surface area contributed by atoms with E-state index in [0.29, 0.717) is 0 Å². The van der Waals surface area contributed by atoms with Crippen molar-refractivity contribution in [1.82, 2.24) is 4.90 Å². The van der Waals surface area contributed by atoms with Crippen molar-refractivity contribution in [2.75, 3.05) is 7.05 Å². The maximum absolute atomic E-state index is 4.32. The summed E-state index contributed by atoms with van der Waals surface area (Å²) in [5.74, 6) is 0.274. The zero-order chi connectivity index (χ0) is 17.8. The van der Waals surface area contributed by atoms with Gasteiger partial charge in [0, 0.05) is 24.9 Å². The molecule has 3 rings (SSSR count). The lowest BCUT2D eigenvalue weighted by Gasteiger charge is -2.29. The minimum atomic E-state index is 0.274. The maximum atomic E-state index is 4.32. The molecule has 0 bridgehead atoms. The van der Waals surface area contributed by atoms with Crippen molar-refractivity contribution >= 4 is 11.6 Å². The molecule has 2 aromatic carbocycles. The number of likely N-dealkylation sites (N-methyl/N-ethyl adjacent to an activating group) is 1. The SMILES string of the molecule is C=C1C([C@H](C)/C=C/c2ccc(C)cc2)=C(c2ccccc2)C=CN1C. The van der Waals surface area contributed by atoms with Gasteiger partial charge in [0.05, 0.1) is 0 Å². The highest BCUT2D eigenvalue weighted by Gasteiger charge is 2.20. The van der Waals surface area contributed by atoms with Crippen LogP contribution in [0.15, 0.2) is 90.8 Å². The molecule has 0 saturated carbocycles. The molecule has 0 saturated heterocycles. The fraction of sp³-hybridized carbons (Fsp3) is 0.167. The first kappa shape index (κ1) is 17.0. The van der Waals surface area contributed by atoms with Gasteiger partial charge in [0.15, 0.2) is 0 Å². The molecule has 1 nitrogen and oxygen atoms in total. The summed E-state index contributed by atoms with van der Waals surface area (Å²) in [7, 11) is 2.05. The molecule has 1 atom stereocenters. The fourth-order valence-electron chi connectivity index (χ4n) is 3.12. The molecule has 0 unspecified atom stereocenters. The van der Waals surface area contributed by atoms with Crippen molar-refractivity contribution < 1.29 is 0 Å². The van der Waals surface area contributed by atoms with Crippen molar-refractivity contribution in [3.05, 3.63) is 107 Å². The number of nitrogens with zero attached hydrogens (tertiary/aromatic N) is 1. The minimum Gasteiger partial charge on any atom is -0.351 e. The Bertz CT molecular complexity index is 835. The summed E-state index contributed by atoms with van der Waals surface area (Å²) in [6, 6.07) is 19.2. The topological polar surface area (TPSA) is 3.24 Å². The van der Waals surface area contributed by atoms with Crippen LogP contribution < -0.4 is 0 Å². The van der Waals surface area contributed by atoms with E-state index in [1.165, 1.54) is 27.8 Å². The first-order valence-corrected chi connectivity index (χ1v) is 8.71. The van der Waals surface area contributed by atoms with Crippen LogP contribution in [0.3, 0.4) is 0 Å². The number of allylic oxidation sites excluding steroid dienone is 4. The second-order valence-corrected chi connectivity index (χ2v) is 6.63. The predicted octanol–water partition coefficient (Wildman–Crippen LogP) is 6.07. The molecular weight excluding hydrogens is 302 g/mol. The van der Waals surface area contributed by atoms with Gasteiger partial charge in [-0.15, -0.1) is 0 Å². The molecule has 126 valence electrons. The van der Waals surface area contributed by atoms with Crippen LogP contribution in [0.25, 0.3) is 11.6 Å². The molecule has 1 heteroatoms. The van der Waals surface area contributed by atoms with E-state index < -0.39 is 0 Å². The Morgan fingerprint density at radius 1 is 1.00 bits per heavy atom. The largest absolute Gasteiger partial charge is 0.351 e. The van der Waals surface area contributed by atoms with Gasteiger partial charge in [0.25, 0.3) is 0 Å². The molecule has 0 aromatic heterocycles. The third-order valence-electron chi connectivity index (χ3n) is 4.69. The van der Waals surface area contributed by atoms with E-state index in [1.807, 2.05) is 0 Å². The number of hydrogen-bond donors (Lipinski definition) is 0. The summed E-state index contributed by atoms with van der Waals surface area (Å²) in [5, 5.41) is 0. The quantitative estimate of drug-likeness (QED) is 0.658. The predicted molar refractivity (Wildman–Crippen MR) is 109 cm³/mol. The molecular formula is C24H25N. The standard InChI is InChI=1S/C24H25N/c1-18-10-13-21(14-11-18)15-12-19(2)24-20(3)25(4)17-16-23(24)22-8-6-5-7-9-22/h5-17,19H,3H2,1-2,4H3/b15-12+/t19-/m1/s1. The molecule has 0 aliphatic carbocycles. The molecule has 25 heavy (non-hydrogen) atoms. The van der Waals surface area contributed by atoms with Gasteiger partial charge in [-0.05, 0) is 35.3 Å². The average Bonchev–Trinajstić information content (AvgIpc) is 2.64. The molecule has 0 fully saturated rings. The Hall–Kier alpha value is -2.80. The molecule has 0 spiro atoms. The van der Waals surface area contributed by atoms with Gasteiger partial charge in [0.1, 0.15) is 0 Å². The van der Waals surface area contributed by atoms with Gasteiger partial charge in [-0.1, -0.05) is 85.8 Å². The first-order valence-electron chi connectivity index (χ1n) is 8.71. The van der Waals surface area contributed by atoms with Crippen LogP contribution in [0, 0.1) is 12.8 Å². The maximum Gasteiger partial charge on any atom is 0.0375 e. The van der Waals surface area contributed by atoms with E-state index in [9.17, 15) is 0 Å². The van der Waals surface area contributed by atoms with Crippen LogP contribution in [0.4, 0.5) is 0 Å². The van der Waals surface area contributed by atoms with Gasteiger partial charge >= 0.3 is 0 Å². The van der Waals surface area contributed by atoms with E-state index in [2.05, 4.69) is 111 Å². The number of rotatable bonds is 4. The molecule has 1 heterocycles. The van der Waals surface area contributed by atoms with Gasteiger partial charge in [-0.25, -0.2) is 0 Å². The lowest BCUT2D eigenvalue weighted by Crippen LogP contribution is -2.18. The van der Waals surface area contributed by atoms with Crippen molar-refractivity contribution in [2.24, 2.45) is 5.92 Å². The van der Waals surface area contributed by atoms with Gasteiger partial charge < -0.3 is 4.90 Å². The molecule has 2 aromatic rings. The second-order valence-electron chi connectivity index (χ2n) is 6.63. The second kappa shape index (κ2) is 7.40. The van der Waals surface area contributed by atoms with Crippen molar-refractivity contribution in [1.29, 1.82) is 0 Å². The summed E-state index contributed by atoms with van der Waals surface area (Å²) >= 11 is 0.